The third kappa shape index (κ3) is 8.36. The van der Waals surface area contributed by atoms with Gasteiger partial charge in [-0.25, -0.2) is 0 Å². The molecule has 1 unspecified atom stereocenters. The summed E-state index contributed by atoms with van der Waals surface area (Å²) in [5.41, 5.74) is 0.109. The van der Waals surface area contributed by atoms with Crippen LogP contribution >= 0.6 is 0 Å². The van der Waals surface area contributed by atoms with Crippen molar-refractivity contribution in [2.24, 2.45) is 17.3 Å². The molecule has 4 nitrogen and oxygen atoms in total. The van der Waals surface area contributed by atoms with Crippen LogP contribution in [0.4, 0.5) is 0 Å². The number of esters is 1. The second kappa shape index (κ2) is 14.1. The Morgan fingerprint density at radius 2 is 1.84 bits per heavy atom. The molecule has 2 saturated carbocycles. The summed E-state index contributed by atoms with van der Waals surface area (Å²) >= 11 is 0. The van der Waals surface area contributed by atoms with E-state index >= 15 is 0 Å². The first-order valence-corrected chi connectivity index (χ1v) is 13.1. The van der Waals surface area contributed by atoms with Crippen molar-refractivity contribution in [2.45, 2.75) is 123 Å². The van der Waals surface area contributed by atoms with Crippen LogP contribution in [0, 0.1) is 17.3 Å². The Bertz CT molecular complexity index is 564. The molecule has 178 valence electrons. The highest BCUT2D eigenvalue weighted by atomic mass is 16.5. The number of hydrogen-bond acceptors (Lipinski definition) is 4. The number of ketones is 1. The van der Waals surface area contributed by atoms with Gasteiger partial charge in [0.15, 0.2) is 0 Å². The molecule has 4 heteroatoms. The van der Waals surface area contributed by atoms with E-state index in [1.807, 2.05) is 13.0 Å². The maximum atomic E-state index is 12.4. The molecular weight excluding hydrogens is 388 g/mol. The average Bonchev–Trinajstić information content (AvgIpc) is 3.07. The lowest BCUT2D eigenvalue weighted by Gasteiger charge is -2.45. The molecule has 2 rings (SSSR count). The first kappa shape index (κ1) is 26.1. The fourth-order valence-corrected chi connectivity index (χ4v) is 5.42. The Kier molecular flexibility index (Phi) is 11.9. The van der Waals surface area contributed by atoms with Crippen LogP contribution in [0.25, 0.3) is 0 Å². The fraction of sp³-hybridized carbons (Fsp3) is 0.852. The van der Waals surface area contributed by atoms with E-state index in [0.29, 0.717) is 31.1 Å². The number of Topliss-reactive ketones (excluding diaryl/α,β-unsaturated/α-hetero) is 1. The number of carbonyl (C=O) groups excluding carboxylic acids is 2. The fourth-order valence-electron chi connectivity index (χ4n) is 5.42. The van der Waals surface area contributed by atoms with E-state index < -0.39 is 0 Å². The average molecular weight is 435 g/mol. The zero-order chi connectivity index (χ0) is 22.5. The number of allylic oxidation sites excluding steroid dienone is 1. The number of unbranched alkanes of at least 4 members (excludes halogenated alkanes) is 6. The van der Waals surface area contributed by atoms with Crippen molar-refractivity contribution in [1.29, 1.82) is 0 Å². The standard InChI is InChI=1S/C27H46O4/c1-3-5-19-27(20-12-21-27)25(29)18-16-22-15-17-24(28)23(22)13-10-8-6-7-9-11-14-26(30)31-4-2/h16,18,22-23,25,29H,3-15,17,19-21H2,1-2H3/b18-16+/t22?,23-,25+/m1/s1. The van der Waals surface area contributed by atoms with Crippen LogP contribution in [0.5, 0.6) is 0 Å². The lowest BCUT2D eigenvalue weighted by atomic mass is 9.62. The summed E-state index contributed by atoms with van der Waals surface area (Å²) in [6, 6.07) is 0. The molecule has 0 heterocycles. The molecule has 0 radical (unpaired) electrons. The van der Waals surface area contributed by atoms with Crippen LogP contribution in [0.15, 0.2) is 12.2 Å². The highest BCUT2D eigenvalue weighted by Gasteiger charge is 2.42. The number of aliphatic hydroxyl groups is 1. The van der Waals surface area contributed by atoms with Gasteiger partial charge in [-0.05, 0) is 56.8 Å². The first-order valence-electron chi connectivity index (χ1n) is 13.1. The van der Waals surface area contributed by atoms with Crippen molar-refractivity contribution in [3.8, 4) is 0 Å². The lowest BCUT2D eigenvalue weighted by molar-refractivity contribution is -0.143. The lowest BCUT2D eigenvalue weighted by Crippen LogP contribution is -2.40. The van der Waals surface area contributed by atoms with Gasteiger partial charge in [-0.15, -0.1) is 0 Å². The van der Waals surface area contributed by atoms with E-state index in [-0.39, 0.29) is 23.4 Å². The van der Waals surface area contributed by atoms with Crippen molar-refractivity contribution in [2.75, 3.05) is 6.61 Å². The summed E-state index contributed by atoms with van der Waals surface area (Å²) < 4.78 is 4.95. The minimum Gasteiger partial charge on any atom is -0.466 e. The molecule has 0 saturated heterocycles. The predicted molar refractivity (Wildman–Crippen MR) is 126 cm³/mol. The van der Waals surface area contributed by atoms with Gasteiger partial charge in [0.2, 0.25) is 0 Å². The van der Waals surface area contributed by atoms with Gasteiger partial charge in [0.05, 0.1) is 12.7 Å². The van der Waals surface area contributed by atoms with Gasteiger partial charge in [0, 0.05) is 18.8 Å². The minimum absolute atomic E-state index is 0.0833. The number of rotatable bonds is 16. The highest BCUT2D eigenvalue weighted by molar-refractivity contribution is 5.83. The van der Waals surface area contributed by atoms with Gasteiger partial charge in [-0.3, -0.25) is 9.59 Å². The Hall–Kier alpha value is -1.16. The molecule has 2 aliphatic rings. The first-order chi connectivity index (χ1) is 15.0. The Morgan fingerprint density at radius 3 is 2.48 bits per heavy atom. The largest absolute Gasteiger partial charge is 0.466 e. The van der Waals surface area contributed by atoms with Crippen molar-refractivity contribution < 1.29 is 19.4 Å². The summed E-state index contributed by atoms with van der Waals surface area (Å²) in [6.45, 7) is 4.52. The zero-order valence-electron chi connectivity index (χ0n) is 20.1. The van der Waals surface area contributed by atoms with Crippen molar-refractivity contribution in [1.82, 2.24) is 0 Å². The molecule has 2 fully saturated rings. The number of carbonyl (C=O) groups is 2. The van der Waals surface area contributed by atoms with Crippen molar-refractivity contribution in [3.05, 3.63) is 12.2 Å². The molecule has 0 aromatic carbocycles. The minimum atomic E-state index is -0.348. The molecule has 0 aromatic rings. The van der Waals surface area contributed by atoms with Gasteiger partial charge < -0.3 is 9.84 Å². The normalized spacial score (nSPS) is 23.8. The number of aliphatic hydroxyl groups excluding tert-OH is 1. The third-order valence-corrected chi connectivity index (χ3v) is 7.65. The topological polar surface area (TPSA) is 63.6 Å². The van der Waals surface area contributed by atoms with Crippen LogP contribution in [0.1, 0.15) is 117 Å². The Labute approximate surface area is 190 Å². The summed E-state index contributed by atoms with van der Waals surface area (Å²) in [5, 5.41) is 10.8. The molecule has 0 aliphatic heterocycles. The zero-order valence-corrected chi connectivity index (χ0v) is 20.1. The molecule has 31 heavy (non-hydrogen) atoms. The van der Waals surface area contributed by atoms with Gasteiger partial charge in [-0.2, -0.15) is 0 Å². The maximum Gasteiger partial charge on any atom is 0.305 e. The molecule has 3 atom stereocenters. The summed E-state index contributed by atoms with van der Waals surface area (Å²) in [6.07, 6.45) is 20.6. The van der Waals surface area contributed by atoms with Crippen LogP contribution in [-0.2, 0) is 14.3 Å². The monoisotopic (exact) mass is 434 g/mol. The maximum absolute atomic E-state index is 12.4. The van der Waals surface area contributed by atoms with Crippen LogP contribution in [0.2, 0.25) is 0 Å². The van der Waals surface area contributed by atoms with Gasteiger partial charge in [0.1, 0.15) is 5.78 Å². The van der Waals surface area contributed by atoms with E-state index in [1.54, 1.807) is 0 Å². The second-order valence-electron chi connectivity index (χ2n) is 9.89. The van der Waals surface area contributed by atoms with E-state index in [0.717, 1.165) is 64.2 Å². The number of hydrogen-bond donors (Lipinski definition) is 1. The SMILES string of the molecule is CCCCC1([C@@H](O)/C=C/C2CCC(=O)[C@@H]2CCCCCCCCC(=O)OCC)CCC1. The van der Waals surface area contributed by atoms with Gasteiger partial charge in [-0.1, -0.05) is 70.4 Å². The van der Waals surface area contributed by atoms with Crippen LogP contribution in [0.3, 0.4) is 0 Å². The predicted octanol–water partition coefficient (Wildman–Crippen LogP) is 6.54. The summed E-state index contributed by atoms with van der Waals surface area (Å²) in [4.78, 5) is 23.7. The molecule has 1 N–H and O–H groups in total. The van der Waals surface area contributed by atoms with Crippen molar-refractivity contribution >= 4 is 11.8 Å². The highest BCUT2D eigenvalue weighted by Crippen LogP contribution is 2.48. The van der Waals surface area contributed by atoms with E-state index in [4.69, 9.17) is 4.74 Å². The molecular formula is C27H46O4. The van der Waals surface area contributed by atoms with Gasteiger partial charge in [0.25, 0.3) is 0 Å². The van der Waals surface area contributed by atoms with Crippen LogP contribution in [-0.4, -0.2) is 29.6 Å². The Balaban J connectivity index is 1.66. The molecule has 2 aliphatic carbocycles. The molecule has 0 spiro atoms. The van der Waals surface area contributed by atoms with Gasteiger partial charge >= 0.3 is 5.97 Å². The summed E-state index contributed by atoms with van der Waals surface area (Å²) in [7, 11) is 0. The molecule has 0 bridgehead atoms. The molecule has 0 aromatic heterocycles. The van der Waals surface area contributed by atoms with Crippen molar-refractivity contribution in [3.63, 3.8) is 0 Å². The quantitative estimate of drug-likeness (QED) is 0.170. The summed E-state index contributed by atoms with van der Waals surface area (Å²) in [5.74, 6) is 0.804. The van der Waals surface area contributed by atoms with E-state index in [1.165, 1.54) is 25.7 Å². The third-order valence-electron chi connectivity index (χ3n) is 7.65. The van der Waals surface area contributed by atoms with Crippen LogP contribution < -0.4 is 0 Å². The van der Waals surface area contributed by atoms with E-state index in [2.05, 4.69) is 13.0 Å². The second-order valence-corrected chi connectivity index (χ2v) is 9.89. The Morgan fingerprint density at radius 1 is 1.13 bits per heavy atom. The number of ether oxygens (including phenoxy) is 1. The van der Waals surface area contributed by atoms with E-state index in [9.17, 15) is 14.7 Å². The smallest absolute Gasteiger partial charge is 0.305 e. The molecule has 0 amide bonds.